The summed E-state index contributed by atoms with van der Waals surface area (Å²) in [7, 11) is -3.19. The third kappa shape index (κ3) is 2.25. The van der Waals surface area contributed by atoms with E-state index in [0.717, 1.165) is 5.56 Å². The van der Waals surface area contributed by atoms with Crippen molar-refractivity contribution in [3.8, 4) is 0 Å². The molecule has 1 N–H and O–H groups in total. The molecule has 4 heteroatoms. The zero-order valence-corrected chi connectivity index (χ0v) is 7.61. The molecule has 0 aliphatic heterocycles. The molecular formula is C7H8O2S2. The van der Waals surface area contributed by atoms with E-state index < -0.39 is 8.77 Å². The Balaban J connectivity index is 3.28. The smallest absolute Gasteiger partial charge is 0.171 e. The fourth-order valence-corrected chi connectivity index (χ4v) is 1.67. The van der Waals surface area contributed by atoms with Gasteiger partial charge in [0.05, 0.1) is 4.90 Å². The third-order valence-corrected chi connectivity index (χ3v) is 2.71. The molecule has 1 atom stereocenters. The fourth-order valence-electron chi connectivity index (χ4n) is 0.776. The summed E-state index contributed by atoms with van der Waals surface area (Å²) in [5.74, 6) is 0. The summed E-state index contributed by atoms with van der Waals surface area (Å²) in [6.45, 7) is 1.85. The van der Waals surface area contributed by atoms with E-state index >= 15 is 0 Å². The highest BCUT2D eigenvalue weighted by molar-refractivity contribution is 8.29. The van der Waals surface area contributed by atoms with Gasteiger partial charge in [-0.1, -0.05) is 12.1 Å². The summed E-state index contributed by atoms with van der Waals surface area (Å²) in [6, 6.07) is 6.74. The molecule has 0 saturated heterocycles. The lowest BCUT2D eigenvalue weighted by Gasteiger charge is -1.99. The van der Waals surface area contributed by atoms with Crippen LogP contribution in [0.4, 0.5) is 0 Å². The van der Waals surface area contributed by atoms with Gasteiger partial charge in [0.2, 0.25) is 0 Å². The standard InChI is InChI=1S/C7H8O2S2/c1-6-3-2-4-7(5-6)11(8,9)10/h2-5H,1H3,(H,8,9,10). The Morgan fingerprint density at radius 2 is 2.18 bits per heavy atom. The molecule has 1 aromatic carbocycles. The first kappa shape index (κ1) is 8.64. The average Bonchev–Trinajstić information content (AvgIpc) is 1.86. The van der Waals surface area contributed by atoms with Crippen LogP contribution in [0, 0.1) is 6.92 Å². The molecule has 60 valence electrons. The first-order valence-electron chi connectivity index (χ1n) is 3.04. The molecule has 0 aliphatic carbocycles. The highest BCUT2D eigenvalue weighted by Crippen LogP contribution is 2.09. The number of hydrogen-bond donors (Lipinski definition) is 1. The summed E-state index contributed by atoms with van der Waals surface area (Å²) >= 11 is 4.39. The molecule has 0 heterocycles. The first-order chi connectivity index (χ1) is 5.00. The zero-order valence-electron chi connectivity index (χ0n) is 5.98. The maximum Gasteiger partial charge on any atom is 0.171 e. The van der Waals surface area contributed by atoms with Crippen LogP contribution in [0.5, 0.6) is 0 Å². The van der Waals surface area contributed by atoms with Crippen LogP contribution < -0.4 is 0 Å². The molecule has 1 unspecified atom stereocenters. The van der Waals surface area contributed by atoms with Gasteiger partial charge in [0.1, 0.15) is 0 Å². The van der Waals surface area contributed by atoms with Gasteiger partial charge in [-0.15, -0.1) is 0 Å². The van der Waals surface area contributed by atoms with E-state index in [9.17, 15) is 4.21 Å². The van der Waals surface area contributed by atoms with Crippen LogP contribution in [0.1, 0.15) is 5.56 Å². The Morgan fingerprint density at radius 1 is 1.55 bits per heavy atom. The lowest BCUT2D eigenvalue weighted by Crippen LogP contribution is -1.95. The Bertz CT molecular complexity index is 354. The average molecular weight is 188 g/mol. The largest absolute Gasteiger partial charge is 0.302 e. The van der Waals surface area contributed by atoms with Crippen LogP contribution in [0.15, 0.2) is 29.2 Å². The number of benzene rings is 1. The van der Waals surface area contributed by atoms with E-state index in [0.29, 0.717) is 4.90 Å². The SMILES string of the molecule is Cc1cccc(S(=O)(O)=S)c1. The van der Waals surface area contributed by atoms with Crippen molar-refractivity contribution in [1.82, 2.24) is 0 Å². The first-order valence-corrected chi connectivity index (χ1v) is 5.48. The molecule has 0 amide bonds. The topological polar surface area (TPSA) is 37.3 Å². The molecule has 0 bridgehead atoms. The number of hydrogen-bond acceptors (Lipinski definition) is 2. The zero-order chi connectivity index (χ0) is 8.48. The minimum absolute atomic E-state index is 0.313. The molecule has 1 aromatic rings. The van der Waals surface area contributed by atoms with Crippen molar-refractivity contribution in [3.05, 3.63) is 29.8 Å². The van der Waals surface area contributed by atoms with Gasteiger partial charge in [-0.2, -0.15) is 0 Å². The normalized spacial score (nSPS) is 15.8. The van der Waals surface area contributed by atoms with Gasteiger partial charge in [-0.25, -0.2) is 4.21 Å². The minimum atomic E-state index is -3.19. The molecular weight excluding hydrogens is 180 g/mol. The maximum absolute atomic E-state index is 10.9. The van der Waals surface area contributed by atoms with Crippen molar-refractivity contribution in [2.45, 2.75) is 11.8 Å². The van der Waals surface area contributed by atoms with Crippen LogP contribution in [0.25, 0.3) is 0 Å². The summed E-state index contributed by atoms with van der Waals surface area (Å²) < 4.78 is 19.9. The predicted molar refractivity (Wildman–Crippen MR) is 47.6 cm³/mol. The van der Waals surface area contributed by atoms with E-state index in [2.05, 4.69) is 11.2 Å². The predicted octanol–water partition coefficient (Wildman–Crippen LogP) is 1.57. The Kier molecular flexibility index (Phi) is 2.27. The van der Waals surface area contributed by atoms with Crippen LogP contribution in [-0.2, 0) is 20.0 Å². The summed E-state index contributed by atoms with van der Waals surface area (Å²) in [4.78, 5) is 0.313. The third-order valence-electron chi connectivity index (χ3n) is 1.29. The van der Waals surface area contributed by atoms with Gasteiger partial charge >= 0.3 is 0 Å². The van der Waals surface area contributed by atoms with Crippen LogP contribution in [0.3, 0.4) is 0 Å². The van der Waals surface area contributed by atoms with Crippen molar-refractivity contribution in [3.63, 3.8) is 0 Å². The number of aryl methyl sites for hydroxylation is 1. The maximum atomic E-state index is 10.9. The van der Waals surface area contributed by atoms with Gasteiger partial charge in [0, 0.05) is 11.2 Å². The van der Waals surface area contributed by atoms with Gasteiger partial charge in [-0.3, -0.25) is 0 Å². The number of rotatable bonds is 1. The lowest BCUT2D eigenvalue weighted by molar-refractivity contribution is 0.561. The summed E-state index contributed by atoms with van der Waals surface area (Å²) in [6.07, 6.45) is 0. The van der Waals surface area contributed by atoms with Crippen LogP contribution >= 0.6 is 0 Å². The van der Waals surface area contributed by atoms with Crippen molar-refractivity contribution in [2.75, 3.05) is 0 Å². The second-order valence-electron chi connectivity index (χ2n) is 2.29. The van der Waals surface area contributed by atoms with Gasteiger partial charge in [0.15, 0.2) is 8.77 Å². The quantitative estimate of drug-likeness (QED) is 0.727. The van der Waals surface area contributed by atoms with Crippen molar-refractivity contribution >= 4 is 20.0 Å². The van der Waals surface area contributed by atoms with Crippen molar-refractivity contribution in [1.29, 1.82) is 0 Å². The van der Waals surface area contributed by atoms with E-state index in [4.69, 9.17) is 4.55 Å². The van der Waals surface area contributed by atoms with Crippen molar-refractivity contribution < 1.29 is 8.76 Å². The molecule has 0 aliphatic rings. The van der Waals surface area contributed by atoms with Gasteiger partial charge in [0.25, 0.3) is 0 Å². The van der Waals surface area contributed by atoms with E-state index in [1.807, 2.05) is 13.0 Å². The molecule has 0 fully saturated rings. The van der Waals surface area contributed by atoms with Crippen LogP contribution in [-0.4, -0.2) is 8.76 Å². The Labute approximate surface area is 70.8 Å². The summed E-state index contributed by atoms with van der Waals surface area (Å²) in [5.41, 5.74) is 0.939. The highest BCUT2D eigenvalue weighted by atomic mass is 32.8. The molecule has 0 saturated carbocycles. The second-order valence-corrected chi connectivity index (χ2v) is 5.07. The van der Waals surface area contributed by atoms with Crippen molar-refractivity contribution in [2.24, 2.45) is 0 Å². The van der Waals surface area contributed by atoms with Gasteiger partial charge < -0.3 is 4.55 Å². The van der Waals surface area contributed by atoms with Gasteiger partial charge in [-0.05, 0) is 24.6 Å². The lowest BCUT2D eigenvalue weighted by atomic mass is 10.2. The second kappa shape index (κ2) is 2.89. The Hall–Kier alpha value is -0.450. The van der Waals surface area contributed by atoms with E-state index in [1.165, 1.54) is 0 Å². The van der Waals surface area contributed by atoms with Crippen LogP contribution in [0.2, 0.25) is 0 Å². The highest BCUT2D eigenvalue weighted by Gasteiger charge is 2.03. The molecule has 0 spiro atoms. The minimum Gasteiger partial charge on any atom is -0.302 e. The summed E-state index contributed by atoms with van der Waals surface area (Å²) in [5, 5.41) is 0. The molecule has 1 rings (SSSR count). The monoisotopic (exact) mass is 188 g/mol. The Morgan fingerprint density at radius 3 is 2.55 bits per heavy atom. The van der Waals surface area contributed by atoms with E-state index in [-0.39, 0.29) is 0 Å². The van der Waals surface area contributed by atoms with E-state index in [1.54, 1.807) is 18.2 Å². The molecule has 11 heavy (non-hydrogen) atoms. The molecule has 0 aromatic heterocycles. The molecule has 0 radical (unpaired) electrons. The fraction of sp³-hybridized carbons (Fsp3) is 0.143. The molecule has 2 nitrogen and oxygen atoms in total.